The van der Waals surface area contributed by atoms with Crippen molar-refractivity contribution in [1.29, 1.82) is 0 Å². The molecule has 3 aromatic rings. The zero-order valence-electron chi connectivity index (χ0n) is 15.5. The minimum atomic E-state index is -0.0815. The number of fused-ring (bicyclic) bond motifs is 1. The van der Waals surface area contributed by atoms with E-state index >= 15 is 0 Å². The smallest absolute Gasteiger partial charge is 0.271 e. The molecule has 0 saturated heterocycles. The van der Waals surface area contributed by atoms with E-state index in [2.05, 4.69) is 39.4 Å². The standard InChI is InChI=1S/C20H24N4O2/c1-13-18(12-21-23(2)20(13)25)22-15-10-17(14-4-5-14)16-6-7-24(8-9-26-3)19(16)11-15/h6-7,10-12,14,22H,4-5,8-9H2,1-3H3. The number of methoxy groups -OCH3 is 1. The Morgan fingerprint density at radius 3 is 2.88 bits per heavy atom. The van der Waals surface area contributed by atoms with Crippen LogP contribution >= 0.6 is 0 Å². The number of hydrogen-bond donors (Lipinski definition) is 1. The molecular weight excluding hydrogens is 328 g/mol. The lowest BCUT2D eigenvalue weighted by atomic mass is 10.0. The molecule has 0 radical (unpaired) electrons. The van der Waals surface area contributed by atoms with Crippen molar-refractivity contribution < 1.29 is 4.74 Å². The first-order chi connectivity index (χ1) is 12.6. The highest BCUT2D eigenvalue weighted by Gasteiger charge is 2.26. The normalized spacial score (nSPS) is 14.1. The molecule has 1 N–H and O–H groups in total. The first-order valence-corrected chi connectivity index (χ1v) is 9.00. The second-order valence-corrected chi connectivity index (χ2v) is 7.01. The number of aromatic nitrogens is 3. The van der Waals surface area contributed by atoms with Crippen molar-refractivity contribution in [3.8, 4) is 0 Å². The summed E-state index contributed by atoms with van der Waals surface area (Å²) >= 11 is 0. The van der Waals surface area contributed by atoms with Gasteiger partial charge in [-0.25, -0.2) is 4.68 Å². The highest BCUT2D eigenvalue weighted by atomic mass is 16.5. The summed E-state index contributed by atoms with van der Waals surface area (Å²) in [5.74, 6) is 0.639. The molecule has 1 aliphatic carbocycles. The molecular formula is C20H24N4O2. The van der Waals surface area contributed by atoms with Gasteiger partial charge in [0.05, 0.1) is 24.0 Å². The van der Waals surface area contributed by atoms with Gasteiger partial charge < -0.3 is 14.6 Å². The number of aryl methyl sites for hydroxylation is 1. The van der Waals surface area contributed by atoms with E-state index in [1.54, 1.807) is 20.4 Å². The van der Waals surface area contributed by atoms with Crippen LogP contribution in [-0.2, 0) is 18.3 Å². The zero-order valence-corrected chi connectivity index (χ0v) is 15.5. The Hall–Kier alpha value is -2.60. The van der Waals surface area contributed by atoms with Gasteiger partial charge in [-0.2, -0.15) is 5.10 Å². The molecule has 4 rings (SSSR count). The Balaban J connectivity index is 1.77. The van der Waals surface area contributed by atoms with Crippen LogP contribution in [0.15, 0.2) is 35.4 Å². The van der Waals surface area contributed by atoms with Crippen molar-refractivity contribution in [2.45, 2.75) is 32.2 Å². The second kappa shape index (κ2) is 6.61. The van der Waals surface area contributed by atoms with Gasteiger partial charge in [0.1, 0.15) is 0 Å². The largest absolute Gasteiger partial charge is 0.383 e. The fourth-order valence-corrected chi connectivity index (χ4v) is 3.45. The fourth-order valence-electron chi connectivity index (χ4n) is 3.45. The molecule has 2 aromatic heterocycles. The zero-order chi connectivity index (χ0) is 18.3. The average molecular weight is 352 g/mol. The highest BCUT2D eigenvalue weighted by molar-refractivity contribution is 5.89. The Kier molecular flexibility index (Phi) is 4.28. The van der Waals surface area contributed by atoms with Crippen LogP contribution in [0.2, 0.25) is 0 Å². The average Bonchev–Trinajstić information content (AvgIpc) is 3.41. The summed E-state index contributed by atoms with van der Waals surface area (Å²) in [6.45, 7) is 3.33. The monoisotopic (exact) mass is 352 g/mol. The summed E-state index contributed by atoms with van der Waals surface area (Å²) in [5.41, 5.74) is 4.92. The van der Waals surface area contributed by atoms with Crippen LogP contribution in [0.1, 0.15) is 29.9 Å². The van der Waals surface area contributed by atoms with E-state index in [0.717, 1.165) is 17.9 Å². The van der Waals surface area contributed by atoms with Gasteiger partial charge in [-0.15, -0.1) is 0 Å². The molecule has 0 amide bonds. The van der Waals surface area contributed by atoms with Crippen LogP contribution in [0.4, 0.5) is 11.4 Å². The van der Waals surface area contributed by atoms with E-state index in [1.807, 2.05) is 6.92 Å². The minimum Gasteiger partial charge on any atom is -0.383 e. The number of rotatable bonds is 6. The first-order valence-electron chi connectivity index (χ1n) is 9.00. The quantitative estimate of drug-likeness (QED) is 0.739. The molecule has 2 heterocycles. The predicted molar refractivity (Wildman–Crippen MR) is 103 cm³/mol. The molecule has 1 aliphatic rings. The molecule has 0 aliphatic heterocycles. The van der Waals surface area contributed by atoms with Gasteiger partial charge in [-0.1, -0.05) is 0 Å². The lowest BCUT2D eigenvalue weighted by Crippen LogP contribution is -2.22. The Morgan fingerprint density at radius 1 is 1.35 bits per heavy atom. The maximum absolute atomic E-state index is 12.2. The summed E-state index contributed by atoms with van der Waals surface area (Å²) in [4.78, 5) is 12.2. The second-order valence-electron chi connectivity index (χ2n) is 7.01. The van der Waals surface area contributed by atoms with Crippen LogP contribution in [0.25, 0.3) is 10.9 Å². The summed E-state index contributed by atoms with van der Waals surface area (Å²) in [7, 11) is 3.39. The third-order valence-electron chi connectivity index (χ3n) is 5.13. The molecule has 1 aromatic carbocycles. The van der Waals surface area contributed by atoms with E-state index in [4.69, 9.17) is 4.74 Å². The molecule has 0 spiro atoms. The summed E-state index contributed by atoms with van der Waals surface area (Å²) in [5, 5.41) is 8.86. The van der Waals surface area contributed by atoms with Crippen molar-refractivity contribution in [3.63, 3.8) is 0 Å². The molecule has 1 fully saturated rings. The molecule has 0 unspecified atom stereocenters. The van der Waals surface area contributed by atoms with Gasteiger partial charge in [0.25, 0.3) is 5.56 Å². The number of benzene rings is 1. The van der Waals surface area contributed by atoms with E-state index in [-0.39, 0.29) is 5.56 Å². The predicted octanol–water partition coefficient (Wildman–Crippen LogP) is 3.31. The Morgan fingerprint density at radius 2 is 2.15 bits per heavy atom. The van der Waals surface area contributed by atoms with E-state index < -0.39 is 0 Å². The third-order valence-corrected chi connectivity index (χ3v) is 5.13. The summed E-state index contributed by atoms with van der Waals surface area (Å²) in [6.07, 6.45) is 6.33. The first kappa shape index (κ1) is 16.8. The number of nitrogens with one attached hydrogen (secondary N) is 1. The molecule has 0 atom stereocenters. The Labute approximate surface area is 152 Å². The van der Waals surface area contributed by atoms with Crippen LogP contribution in [0.5, 0.6) is 0 Å². The molecule has 6 heteroatoms. The lowest BCUT2D eigenvalue weighted by molar-refractivity contribution is 0.188. The molecule has 6 nitrogen and oxygen atoms in total. The molecule has 136 valence electrons. The number of ether oxygens (including phenoxy) is 1. The van der Waals surface area contributed by atoms with E-state index in [1.165, 1.54) is 34.0 Å². The minimum absolute atomic E-state index is 0.0815. The molecule has 0 bridgehead atoms. The molecule has 1 saturated carbocycles. The number of hydrogen-bond acceptors (Lipinski definition) is 4. The van der Waals surface area contributed by atoms with Gasteiger partial charge in [0, 0.05) is 43.5 Å². The van der Waals surface area contributed by atoms with Gasteiger partial charge in [0.2, 0.25) is 0 Å². The maximum atomic E-state index is 12.2. The fraction of sp³-hybridized carbons (Fsp3) is 0.400. The van der Waals surface area contributed by atoms with Gasteiger partial charge in [0.15, 0.2) is 0 Å². The SMILES string of the molecule is COCCn1ccc2c(C3CC3)cc(Nc3cnn(C)c(=O)c3C)cc21. The van der Waals surface area contributed by atoms with Gasteiger partial charge >= 0.3 is 0 Å². The maximum Gasteiger partial charge on any atom is 0.271 e. The third kappa shape index (κ3) is 3.01. The van der Waals surface area contributed by atoms with Crippen LogP contribution < -0.4 is 10.9 Å². The van der Waals surface area contributed by atoms with Crippen LogP contribution in [-0.4, -0.2) is 28.1 Å². The van der Waals surface area contributed by atoms with Crippen molar-refractivity contribution in [2.24, 2.45) is 7.05 Å². The van der Waals surface area contributed by atoms with Crippen molar-refractivity contribution in [2.75, 3.05) is 19.0 Å². The van der Waals surface area contributed by atoms with E-state index in [0.29, 0.717) is 18.1 Å². The molecule has 26 heavy (non-hydrogen) atoms. The van der Waals surface area contributed by atoms with Crippen molar-refractivity contribution in [3.05, 3.63) is 52.1 Å². The van der Waals surface area contributed by atoms with Gasteiger partial charge in [-0.05, 0) is 49.4 Å². The van der Waals surface area contributed by atoms with E-state index in [9.17, 15) is 4.79 Å². The van der Waals surface area contributed by atoms with Gasteiger partial charge in [-0.3, -0.25) is 4.79 Å². The van der Waals surface area contributed by atoms with Crippen molar-refractivity contribution in [1.82, 2.24) is 14.3 Å². The van der Waals surface area contributed by atoms with Crippen LogP contribution in [0, 0.1) is 6.92 Å². The number of nitrogens with zero attached hydrogens (tertiary/aromatic N) is 3. The summed E-state index contributed by atoms with van der Waals surface area (Å²) < 4.78 is 8.82. The topological polar surface area (TPSA) is 61.1 Å². The summed E-state index contributed by atoms with van der Waals surface area (Å²) in [6, 6.07) is 6.57. The highest BCUT2D eigenvalue weighted by Crippen LogP contribution is 2.44. The number of anilines is 2. The van der Waals surface area contributed by atoms with Crippen LogP contribution in [0.3, 0.4) is 0 Å². The van der Waals surface area contributed by atoms with Crippen molar-refractivity contribution >= 4 is 22.3 Å². The Bertz CT molecular complexity index is 1010. The lowest BCUT2D eigenvalue weighted by Gasteiger charge is -2.13.